The Balaban J connectivity index is 1.45. The third-order valence-corrected chi connectivity index (χ3v) is 6.93. The highest BCUT2D eigenvalue weighted by atomic mass is 32.2. The number of aromatic nitrogens is 2. The molecular weight excluding hydrogens is 452 g/mol. The van der Waals surface area contributed by atoms with E-state index in [0.717, 1.165) is 11.2 Å². The van der Waals surface area contributed by atoms with Crippen molar-refractivity contribution in [3.05, 3.63) is 95.9 Å². The average molecular weight is 477 g/mol. The monoisotopic (exact) mass is 476 g/mol. The first kappa shape index (κ1) is 23.2. The fourth-order valence-corrected chi connectivity index (χ4v) is 4.72. The van der Waals surface area contributed by atoms with Crippen LogP contribution in [0.3, 0.4) is 0 Å². The van der Waals surface area contributed by atoms with Gasteiger partial charge < -0.3 is 15.0 Å². The third-order valence-electron chi connectivity index (χ3n) is 5.16. The van der Waals surface area contributed by atoms with E-state index < -0.39 is 9.84 Å². The van der Waals surface area contributed by atoms with Gasteiger partial charge in [-0.1, -0.05) is 18.2 Å². The molecule has 0 aliphatic rings. The molecule has 0 atom stereocenters. The van der Waals surface area contributed by atoms with Crippen LogP contribution in [-0.2, 0) is 16.4 Å². The molecule has 0 aliphatic carbocycles. The molecule has 0 saturated heterocycles. The van der Waals surface area contributed by atoms with Crippen molar-refractivity contribution in [2.45, 2.75) is 36.2 Å². The Morgan fingerprint density at radius 3 is 2.44 bits per heavy atom. The molecule has 0 radical (unpaired) electrons. The van der Waals surface area contributed by atoms with Crippen molar-refractivity contribution < 1.29 is 18.0 Å². The van der Waals surface area contributed by atoms with Crippen molar-refractivity contribution in [2.75, 3.05) is 0 Å². The molecule has 4 rings (SSSR count). The van der Waals surface area contributed by atoms with Gasteiger partial charge in [-0.2, -0.15) is 0 Å². The summed E-state index contributed by atoms with van der Waals surface area (Å²) in [5, 5.41) is 5.59. The lowest BCUT2D eigenvalue weighted by molar-refractivity contribution is 0.0937. The smallest absolute Gasteiger partial charge is 0.253 e. The van der Waals surface area contributed by atoms with Gasteiger partial charge >= 0.3 is 0 Å². The van der Waals surface area contributed by atoms with Crippen LogP contribution >= 0.6 is 0 Å². The van der Waals surface area contributed by atoms with E-state index in [1.807, 2.05) is 13.8 Å². The molecule has 0 spiro atoms. The van der Waals surface area contributed by atoms with Gasteiger partial charge in [0.05, 0.1) is 15.4 Å². The molecule has 2 heterocycles. The van der Waals surface area contributed by atoms with Gasteiger partial charge in [-0.05, 0) is 61.9 Å². The van der Waals surface area contributed by atoms with E-state index in [4.69, 9.17) is 0 Å². The Kier molecular flexibility index (Phi) is 6.47. The number of nitrogens with one attached hydrogen (secondary N) is 2. The molecule has 34 heavy (non-hydrogen) atoms. The first-order valence-electron chi connectivity index (χ1n) is 10.7. The second kappa shape index (κ2) is 9.48. The minimum Gasteiger partial charge on any atom is -0.350 e. The van der Waals surface area contributed by atoms with Crippen molar-refractivity contribution in [1.29, 1.82) is 0 Å². The largest absolute Gasteiger partial charge is 0.350 e. The quantitative estimate of drug-likeness (QED) is 0.426. The van der Waals surface area contributed by atoms with Crippen LogP contribution < -0.4 is 10.6 Å². The summed E-state index contributed by atoms with van der Waals surface area (Å²) in [5.74, 6) is -0.575. The van der Waals surface area contributed by atoms with E-state index in [9.17, 15) is 18.0 Å². The number of pyridine rings is 1. The zero-order chi connectivity index (χ0) is 24.3. The van der Waals surface area contributed by atoms with Gasteiger partial charge in [0, 0.05) is 36.7 Å². The number of sulfone groups is 1. The fourth-order valence-electron chi connectivity index (χ4n) is 3.41. The summed E-state index contributed by atoms with van der Waals surface area (Å²) in [6.07, 6.45) is 5.11. The van der Waals surface area contributed by atoms with E-state index in [1.165, 1.54) is 24.3 Å². The fraction of sp³-hybridized carbons (Fsp3) is 0.160. The molecule has 2 N–H and O–H groups in total. The van der Waals surface area contributed by atoms with Gasteiger partial charge in [-0.25, -0.2) is 13.4 Å². The molecule has 9 heteroatoms. The van der Waals surface area contributed by atoms with Gasteiger partial charge in [0.15, 0.2) is 0 Å². The van der Waals surface area contributed by atoms with Crippen molar-refractivity contribution in [1.82, 2.24) is 20.0 Å². The van der Waals surface area contributed by atoms with Crippen LogP contribution in [0.5, 0.6) is 0 Å². The van der Waals surface area contributed by atoms with E-state index in [-0.39, 0.29) is 39.8 Å². The Hall–Kier alpha value is -3.98. The average Bonchev–Trinajstić information content (AvgIpc) is 3.30. The number of amides is 2. The minimum absolute atomic E-state index is 0.0415. The van der Waals surface area contributed by atoms with Crippen LogP contribution in [0.4, 0.5) is 0 Å². The first-order chi connectivity index (χ1) is 16.2. The molecule has 0 aliphatic heterocycles. The van der Waals surface area contributed by atoms with Crippen molar-refractivity contribution in [3.63, 3.8) is 0 Å². The molecule has 174 valence electrons. The molecule has 0 saturated carbocycles. The summed E-state index contributed by atoms with van der Waals surface area (Å²) in [4.78, 5) is 29.0. The zero-order valence-electron chi connectivity index (χ0n) is 18.7. The maximum absolute atomic E-state index is 13.1. The van der Waals surface area contributed by atoms with Crippen molar-refractivity contribution in [3.8, 4) is 0 Å². The van der Waals surface area contributed by atoms with Gasteiger partial charge in [-0.3, -0.25) is 9.59 Å². The molecule has 2 aromatic carbocycles. The van der Waals surface area contributed by atoms with E-state index in [2.05, 4.69) is 15.6 Å². The number of fused-ring (bicyclic) bond motifs is 1. The second-order valence-corrected chi connectivity index (χ2v) is 10.0. The summed E-state index contributed by atoms with van der Waals surface area (Å²) in [6.45, 7) is 3.91. The predicted molar refractivity (Wildman–Crippen MR) is 127 cm³/mol. The topological polar surface area (TPSA) is 110 Å². The lowest BCUT2D eigenvalue weighted by Gasteiger charge is -2.11. The number of nitrogens with zero attached hydrogens (tertiary/aromatic N) is 2. The molecule has 0 bridgehead atoms. The number of carbonyl (C=O) groups excluding carboxylic acids is 2. The molecule has 8 nitrogen and oxygen atoms in total. The summed E-state index contributed by atoms with van der Waals surface area (Å²) in [6, 6.07) is 15.7. The number of benzene rings is 2. The highest BCUT2D eigenvalue weighted by molar-refractivity contribution is 7.91. The maximum atomic E-state index is 13.1. The van der Waals surface area contributed by atoms with Crippen LogP contribution in [0.15, 0.2) is 89.0 Å². The Morgan fingerprint density at radius 2 is 1.71 bits per heavy atom. The normalized spacial score (nSPS) is 11.5. The highest BCUT2D eigenvalue weighted by Crippen LogP contribution is 2.22. The number of hydrogen-bond acceptors (Lipinski definition) is 5. The zero-order valence-corrected chi connectivity index (χ0v) is 19.5. The minimum atomic E-state index is -3.81. The molecule has 2 aromatic heterocycles. The first-order valence-corrected chi connectivity index (χ1v) is 12.2. The van der Waals surface area contributed by atoms with Gasteiger partial charge in [0.1, 0.15) is 5.65 Å². The highest BCUT2D eigenvalue weighted by Gasteiger charge is 2.19. The van der Waals surface area contributed by atoms with Gasteiger partial charge in [0.25, 0.3) is 11.8 Å². The lowest BCUT2D eigenvalue weighted by Crippen LogP contribution is -2.30. The molecule has 4 aromatic rings. The van der Waals surface area contributed by atoms with Crippen LogP contribution in [0.25, 0.3) is 5.65 Å². The van der Waals surface area contributed by atoms with Crippen LogP contribution in [-0.4, -0.2) is 35.7 Å². The molecular formula is C25H24N4O4S. The Morgan fingerprint density at radius 1 is 0.941 bits per heavy atom. The number of rotatable bonds is 7. The maximum Gasteiger partial charge on any atom is 0.253 e. The van der Waals surface area contributed by atoms with Crippen molar-refractivity contribution >= 4 is 27.3 Å². The van der Waals surface area contributed by atoms with E-state index in [1.54, 1.807) is 59.4 Å². The SMILES string of the molecule is CC(C)NC(=O)c1cccc(S(=O)(=O)c2ccc(CNC(=O)c3ccc4nccn4c3)cc2)c1. The summed E-state index contributed by atoms with van der Waals surface area (Å²) < 4.78 is 27.9. The predicted octanol–water partition coefficient (Wildman–Crippen LogP) is 3.24. The lowest BCUT2D eigenvalue weighted by atomic mass is 10.2. The van der Waals surface area contributed by atoms with Crippen LogP contribution in [0, 0.1) is 0 Å². The third kappa shape index (κ3) is 4.99. The Labute approximate surface area is 197 Å². The van der Waals surface area contributed by atoms with E-state index >= 15 is 0 Å². The van der Waals surface area contributed by atoms with Crippen LogP contribution in [0.2, 0.25) is 0 Å². The summed E-state index contributed by atoms with van der Waals surface area (Å²) >= 11 is 0. The van der Waals surface area contributed by atoms with Gasteiger partial charge in [-0.15, -0.1) is 0 Å². The second-order valence-electron chi connectivity index (χ2n) is 8.10. The van der Waals surface area contributed by atoms with E-state index in [0.29, 0.717) is 5.56 Å². The number of carbonyl (C=O) groups is 2. The van der Waals surface area contributed by atoms with Gasteiger partial charge in [0.2, 0.25) is 9.84 Å². The molecule has 0 unspecified atom stereocenters. The number of hydrogen-bond donors (Lipinski definition) is 2. The molecule has 2 amide bonds. The van der Waals surface area contributed by atoms with Crippen molar-refractivity contribution in [2.24, 2.45) is 0 Å². The standard InChI is InChI=1S/C25H24N4O4S/c1-17(2)28-25(31)19-4-3-5-22(14-19)34(32,33)21-9-6-18(7-10-21)15-27-24(30)20-8-11-23-26-12-13-29(23)16-20/h3-14,16-17H,15H2,1-2H3,(H,27,30)(H,28,31). The van der Waals surface area contributed by atoms with Crippen LogP contribution in [0.1, 0.15) is 40.1 Å². The Bertz CT molecular complexity index is 1460. The summed E-state index contributed by atoms with van der Waals surface area (Å²) in [7, 11) is -3.81. The number of imidazole rings is 1. The molecule has 0 fully saturated rings. The summed E-state index contributed by atoms with van der Waals surface area (Å²) in [5.41, 5.74) is 2.27.